The maximum atomic E-state index is 11.8. The summed E-state index contributed by atoms with van der Waals surface area (Å²) >= 11 is 0. The highest BCUT2D eigenvalue weighted by Crippen LogP contribution is 2.24. The summed E-state index contributed by atoms with van der Waals surface area (Å²) in [5.41, 5.74) is 0. The van der Waals surface area contributed by atoms with E-state index >= 15 is 0 Å². The molecule has 1 atom stereocenters. The number of ether oxygens (including phenoxy) is 3. The van der Waals surface area contributed by atoms with Gasteiger partial charge in [0.1, 0.15) is 19.3 Å². The highest BCUT2D eigenvalue weighted by atomic mass is 19.4. The van der Waals surface area contributed by atoms with Gasteiger partial charge in [0, 0.05) is 13.0 Å². The fourth-order valence-electron chi connectivity index (χ4n) is 1.08. The van der Waals surface area contributed by atoms with Crippen molar-refractivity contribution in [1.29, 1.82) is 0 Å². The van der Waals surface area contributed by atoms with Crippen molar-refractivity contribution in [3.8, 4) is 0 Å². The Labute approximate surface area is 92.6 Å². The normalized spacial score (nSPS) is 21.7. The average molecular weight is 268 g/mol. The van der Waals surface area contributed by atoms with Crippen LogP contribution in [-0.4, -0.2) is 44.6 Å². The predicted octanol–water partition coefficient (Wildman–Crippen LogP) is 2.26. The molecule has 0 aromatic carbocycles. The first kappa shape index (κ1) is 14.5. The van der Waals surface area contributed by atoms with Crippen LogP contribution in [0.1, 0.15) is 6.42 Å². The van der Waals surface area contributed by atoms with E-state index in [-0.39, 0.29) is 6.61 Å². The molecule has 1 saturated heterocycles. The van der Waals surface area contributed by atoms with Crippen LogP contribution >= 0.6 is 0 Å². The molecule has 9 heteroatoms. The molecule has 1 rings (SSSR count). The Morgan fingerprint density at radius 2 is 1.41 bits per heavy atom. The van der Waals surface area contributed by atoms with Crippen LogP contribution in [-0.2, 0) is 14.2 Å². The smallest absolute Gasteiger partial charge is 0.373 e. The third kappa shape index (κ3) is 6.08. The lowest BCUT2D eigenvalue weighted by Gasteiger charge is -2.33. The maximum Gasteiger partial charge on any atom is 0.411 e. The summed E-state index contributed by atoms with van der Waals surface area (Å²) in [4.78, 5) is 0. The van der Waals surface area contributed by atoms with Gasteiger partial charge in [0.15, 0.2) is 6.29 Å². The van der Waals surface area contributed by atoms with Crippen LogP contribution in [0, 0.1) is 0 Å². The molecule has 0 amide bonds. The molecule has 17 heavy (non-hydrogen) atoms. The molecule has 0 radical (unpaired) electrons. The van der Waals surface area contributed by atoms with Gasteiger partial charge in [0.25, 0.3) is 0 Å². The SMILES string of the molecule is FC(F)(F)COC(OCC(F)(F)F)C1CCO1. The topological polar surface area (TPSA) is 27.7 Å². The monoisotopic (exact) mass is 268 g/mol. The first-order chi connectivity index (χ1) is 7.67. The minimum absolute atomic E-state index is 0.270. The Kier molecular flexibility index (Phi) is 4.62. The number of halogens is 6. The second kappa shape index (κ2) is 5.40. The standard InChI is InChI=1S/C8H10F6O3/c9-7(10,11)3-16-6(5-1-2-15-5)17-4-8(12,13)14/h5-6H,1-4H2. The Hall–Kier alpha value is -0.540. The van der Waals surface area contributed by atoms with Crippen LogP contribution in [0.3, 0.4) is 0 Å². The Bertz CT molecular complexity index is 216. The molecule has 0 aromatic rings. The minimum Gasteiger partial charge on any atom is -0.373 e. The summed E-state index contributed by atoms with van der Waals surface area (Å²) in [5.74, 6) is 0. The highest BCUT2D eigenvalue weighted by molar-refractivity contribution is 4.71. The number of rotatable bonds is 5. The zero-order chi connectivity index (χ0) is 13.1. The summed E-state index contributed by atoms with van der Waals surface area (Å²) in [7, 11) is 0. The van der Waals surface area contributed by atoms with Crippen molar-refractivity contribution < 1.29 is 40.6 Å². The van der Waals surface area contributed by atoms with Crippen molar-refractivity contribution in [2.24, 2.45) is 0 Å². The molecule has 102 valence electrons. The summed E-state index contributed by atoms with van der Waals surface area (Å²) in [6, 6.07) is 0. The lowest BCUT2D eigenvalue weighted by Crippen LogP contribution is -2.44. The van der Waals surface area contributed by atoms with Gasteiger partial charge in [-0.3, -0.25) is 0 Å². The number of alkyl halides is 6. The van der Waals surface area contributed by atoms with Gasteiger partial charge in [-0.15, -0.1) is 0 Å². The molecular weight excluding hydrogens is 258 g/mol. The molecule has 0 spiro atoms. The molecular formula is C8H10F6O3. The molecule has 0 N–H and O–H groups in total. The molecule has 0 bridgehead atoms. The van der Waals surface area contributed by atoms with Crippen LogP contribution < -0.4 is 0 Å². The summed E-state index contributed by atoms with van der Waals surface area (Å²) in [5, 5.41) is 0. The van der Waals surface area contributed by atoms with E-state index in [2.05, 4.69) is 9.47 Å². The predicted molar refractivity (Wildman–Crippen MR) is 42.2 cm³/mol. The highest BCUT2D eigenvalue weighted by Gasteiger charge is 2.38. The summed E-state index contributed by atoms with van der Waals surface area (Å²) in [6.45, 7) is -3.07. The van der Waals surface area contributed by atoms with Crippen molar-refractivity contribution in [3.63, 3.8) is 0 Å². The van der Waals surface area contributed by atoms with Gasteiger partial charge < -0.3 is 14.2 Å². The van der Waals surface area contributed by atoms with Crippen LogP contribution in [0.4, 0.5) is 26.3 Å². The molecule has 1 fully saturated rings. The van der Waals surface area contributed by atoms with Crippen LogP contribution in [0.25, 0.3) is 0 Å². The van der Waals surface area contributed by atoms with E-state index < -0.39 is 38.0 Å². The van der Waals surface area contributed by atoms with E-state index in [1.807, 2.05) is 0 Å². The van der Waals surface area contributed by atoms with Gasteiger partial charge >= 0.3 is 12.4 Å². The fourth-order valence-corrected chi connectivity index (χ4v) is 1.08. The molecule has 3 nitrogen and oxygen atoms in total. The van der Waals surface area contributed by atoms with Crippen molar-refractivity contribution in [3.05, 3.63) is 0 Å². The lowest BCUT2D eigenvalue weighted by molar-refractivity contribution is -0.299. The van der Waals surface area contributed by atoms with Crippen LogP contribution in [0.5, 0.6) is 0 Å². The number of hydrogen-bond acceptors (Lipinski definition) is 3. The minimum atomic E-state index is -4.62. The molecule has 0 aromatic heterocycles. The zero-order valence-electron chi connectivity index (χ0n) is 8.48. The third-order valence-corrected chi connectivity index (χ3v) is 1.86. The molecule has 1 unspecified atom stereocenters. The van der Waals surface area contributed by atoms with E-state index in [1.165, 1.54) is 0 Å². The molecule has 1 heterocycles. The fraction of sp³-hybridized carbons (Fsp3) is 1.00. The van der Waals surface area contributed by atoms with Crippen molar-refractivity contribution >= 4 is 0 Å². The van der Waals surface area contributed by atoms with E-state index in [0.29, 0.717) is 6.42 Å². The number of hydrogen-bond donors (Lipinski definition) is 0. The second-order valence-electron chi connectivity index (χ2n) is 3.42. The maximum absolute atomic E-state index is 11.8. The molecule has 1 aliphatic rings. The van der Waals surface area contributed by atoms with Crippen molar-refractivity contribution in [2.45, 2.75) is 31.2 Å². The largest absolute Gasteiger partial charge is 0.411 e. The van der Waals surface area contributed by atoms with Gasteiger partial charge in [0.2, 0.25) is 0 Å². The van der Waals surface area contributed by atoms with Crippen molar-refractivity contribution in [1.82, 2.24) is 0 Å². The first-order valence-electron chi connectivity index (χ1n) is 4.66. The average Bonchev–Trinajstić information content (AvgIpc) is 2.03. The molecule has 1 aliphatic heterocycles. The van der Waals surface area contributed by atoms with E-state index in [4.69, 9.17) is 4.74 Å². The molecule has 0 aliphatic carbocycles. The van der Waals surface area contributed by atoms with E-state index in [0.717, 1.165) is 0 Å². The molecule has 0 saturated carbocycles. The van der Waals surface area contributed by atoms with Gasteiger partial charge in [-0.2, -0.15) is 26.3 Å². The lowest BCUT2D eigenvalue weighted by atomic mass is 10.2. The van der Waals surface area contributed by atoms with Crippen LogP contribution in [0.2, 0.25) is 0 Å². The van der Waals surface area contributed by atoms with Crippen molar-refractivity contribution in [2.75, 3.05) is 19.8 Å². The van der Waals surface area contributed by atoms with Gasteiger partial charge in [-0.05, 0) is 0 Å². The quantitative estimate of drug-likeness (QED) is 0.565. The first-order valence-corrected chi connectivity index (χ1v) is 4.66. The Balaban J connectivity index is 2.38. The Morgan fingerprint density at radius 3 is 1.65 bits per heavy atom. The summed E-state index contributed by atoms with van der Waals surface area (Å²) < 4.78 is 84.2. The third-order valence-electron chi connectivity index (χ3n) is 1.86. The van der Waals surface area contributed by atoms with Gasteiger partial charge in [-0.1, -0.05) is 0 Å². The van der Waals surface area contributed by atoms with Crippen LogP contribution in [0.15, 0.2) is 0 Å². The van der Waals surface area contributed by atoms with E-state index in [9.17, 15) is 26.3 Å². The zero-order valence-corrected chi connectivity index (χ0v) is 8.48. The summed E-state index contributed by atoms with van der Waals surface area (Å²) in [6.07, 6.45) is -11.5. The van der Waals surface area contributed by atoms with Gasteiger partial charge in [0.05, 0.1) is 0 Å². The van der Waals surface area contributed by atoms with E-state index in [1.54, 1.807) is 0 Å². The second-order valence-corrected chi connectivity index (χ2v) is 3.42. The van der Waals surface area contributed by atoms with Gasteiger partial charge in [-0.25, -0.2) is 0 Å². The Morgan fingerprint density at radius 1 is 1.00 bits per heavy atom.